The van der Waals surface area contributed by atoms with Gasteiger partial charge in [0.1, 0.15) is 17.4 Å². The molecule has 0 unspecified atom stereocenters. The molecule has 1 aliphatic rings. The van der Waals surface area contributed by atoms with Crippen LogP contribution < -0.4 is 15.4 Å². The van der Waals surface area contributed by atoms with E-state index in [1.165, 1.54) is 12.8 Å². The fourth-order valence-electron chi connectivity index (χ4n) is 3.45. The van der Waals surface area contributed by atoms with E-state index in [-0.39, 0.29) is 5.91 Å². The van der Waals surface area contributed by atoms with Crippen LogP contribution in [-0.4, -0.2) is 27.0 Å². The molecule has 0 aliphatic carbocycles. The Morgan fingerprint density at radius 2 is 2.07 bits per heavy atom. The van der Waals surface area contributed by atoms with Gasteiger partial charge in [0.05, 0.1) is 24.4 Å². The zero-order valence-corrected chi connectivity index (χ0v) is 16.5. The van der Waals surface area contributed by atoms with E-state index >= 15 is 0 Å². The Morgan fingerprint density at radius 1 is 1.21 bits per heavy atom. The lowest BCUT2D eigenvalue weighted by Gasteiger charge is -2.11. The summed E-state index contributed by atoms with van der Waals surface area (Å²) >= 11 is 0. The highest BCUT2D eigenvalue weighted by molar-refractivity contribution is 5.99. The SMILES string of the molecule is CCOc1ccc(Nc2ncccc2C(=O)NCc2cn3c(n2)CCCC3)cc1. The number of anilines is 2. The number of aryl methyl sites for hydroxylation is 2. The molecule has 0 bridgehead atoms. The highest BCUT2D eigenvalue weighted by Crippen LogP contribution is 2.21. The van der Waals surface area contributed by atoms with Crippen molar-refractivity contribution in [3.63, 3.8) is 0 Å². The second kappa shape index (κ2) is 8.77. The summed E-state index contributed by atoms with van der Waals surface area (Å²) < 4.78 is 7.65. The Labute approximate surface area is 170 Å². The van der Waals surface area contributed by atoms with Crippen molar-refractivity contribution >= 4 is 17.4 Å². The van der Waals surface area contributed by atoms with Gasteiger partial charge in [-0.25, -0.2) is 9.97 Å². The zero-order chi connectivity index (χ0) is 20.1. The fourth-order valence-corrected chi connectivity index (χ4v) is 3.45. The minimum Gasteiger partial charge on any atom is -0.494 e. The first-order chi connectivity index (χ1) is 14.2. The molecule has 3 aromatic rings. The molecule has 2 aromatic heterocycles. The summed E-state index contributed by atoms with van der Waals surface area (Å²) in [5.41, 5.74) is 2.22. The van der Waals surface area contributed by atoms with E-state index in [4.69, 9.17) is 4.74 Å². The number of nitrogens with zero attached hydrogens (tertiary/aromatic N) is 3. The van der Waals surface area contributed by atoms with E-state index in [0.29, 0.717) is 24.5 Å². The van der Waals surface area contributed by atoms with Crippen molar-refractivity contribution in [2.24, 2.45) is 0 Å². The van der Waals surface area contributed by atoms with E-state index in [2.05, 4.69) is 25.2 Å². The third kappa shape index (κ3) is 4.56. The van der Waals surface area contributed by atoms with E-state index in [0.717, 1.165) is 35.9 Å². The van der Waals surface area contributed by atoms with Gasteiger partial charge in [-0.2, -0.15) is 0 Å². The molecule has 150 valence electrons. The fraction of sp³-hybridized carbons (Fsp3) is 0.318. The van der Waals surface area contributed by atoms with Crippen molar-refractivity contribution in [1.29, 1.82) is 0 Å². The maximum absolute atomic E-state index is 12.8. The number of nitrogens with one attached hydrogen (secondary N) is 2. The molecule has 7 nitrogen and oxygen atoms in total. The number of hydrogen-bond donors (Lipinski definition) is 2. The Kier molecular flexibility index (Phi) is 5.74. The van der Waals surface area contributed by atoms with Gasteiger partial charge in [0.15, 0.2) is 0 Å². The lowest BCUT2D eigenvalue weighted by atomic mass is 10.2. The summed E-state index contributed by atoms with van der Waals surface area (Å²) in [4.78, 5) is 21.7. The van der Waals surface area contributed by atoms with Gasteiger partial charge in [0.2, 0.25) is 0 Å². The summed E-state index contributed by atoms with van der Waals surface area (Å²) in [6.45, 7) is 3.98. The number of rotatable bonds is 7. The van der Waals surface area contributed by atoms with Gasteiger partial charge in [-0.1, -0.05) is 0 Å². The second-order valence-corrected chi connectivity index (χ2v) is 6.96. The number of carbonyl (C=O) groups is 1. The van der Waals surface area contributed by atoms with Crippen LogP contribution in [0.2, 0.25) is 0 Å². The largest absolute Gasteiger partial charge is 0.494 e. The average molecular weight is 391 g/mol. The van der Waals surface area contributed by atoms with E-state index in [1.807, 2.05) is 37.4 Å². The Hall–Kier alpha value is -3.35. The molecule has 3 heterocycles. The van der Waals surface area contributed by atoms with Crippen LogP contribution in [0.15, 0.2) is 48.8 Å². The normalized spacial score (nSPS) is 12.9. The summed E-state index contributed by atoms with van der Waals surface area (Å²) in [6.07, 6.45) is 7.07. The molecule has 29 heavy (non-hydrogen) atoms. The topological polar surface area (TPSA) is 81.1 Å². The quantitative estimate of drug-likeness (QED) is 0.642. The molecular formula is C22H25N5O2. The first-order valence-electron chi connectivity index (χ1n) is 10.0. The first-order valence-corrected chi connectivity index (χ1v) is 10.0. The molecule has 0 atom stereocenters. The van der Waals surface area contributed by atoms with Crippen LogP contribution in [0.4, 0.5) is 11.5 Å². The van der Waals surface area contributed by atoms with Crippen LogP contribution in [0.1, 0.15) is 41.6 Å². The number of fused-ring (bicyclic) bond motifs is 1. The Balaban J connectivity index is 1.43. The van der Waals surface area contributed by atoms with Gasteiger partial charge >= 0.3 is 0 Å². The summed E-state index contributed by atoms with van der Waals surface area (Å²) in [5, 5.41) is 6.18. The third-order valence-electron chi connectivity index (χ3n) is 4.87. The highest BCUT2D eigenvalue weighted by Gasteiger charge is 2.15. The number of aromatic nitrogens is 3. The minimum absolute atomic E-state index is 0.183. The molecule has 1 aliphatic heterocycles. The van der Waals surface area contributed by atoms with Gasteiger partial charge in [-0.3, -0.25) is 4.79 Å². The molecule has 1 amide bonds. The molecule has 7 heteroatoms. The van der Waals surface area contributed by atoms with Gasteiger partial charge in [-0.15, -0.1) is 0 Å². The predicted molar refractivity (Wildman–Crippen MR) is 111 cm³/mol. The number of benzene rings is 1. The monoisotopic (exact) mass is 391 g/mol. The van der Waals surface area contributed by atoms with Crippen LogP contribution in [0.3, 0.4) is 0 Å². The average Bonchev–Trinajstić information content (AvgIpc) is 3.17. The Morgan fingerprint density at radius 3 is 2.86 bits per heavy atom. The van der Waals surface area contributed by atoms with E-state index in [9.17, 15) is 4.79 Å². The van der Waals surface area contributed by atoms with Crippen LogP contribution in [0.5, 0.6) is 5.75 Å². The van der Waals surface area contributed by atoms with Crippen LogP contribution >= 0.6 is 0 Å². The molecular weight excluding hydrogens is 366 g/mol. The van der Waals surface area contributed by atoms with Crippen LogP contribution in [0, 0.1) is 0 Å². The number of hydrogen-bond acceptors (Lipinski definition) is 5. The number of ether oxygens (including phenoxy) is 1. The number of amides is 1. The van der Waals surface area contributed by atoms with E-state index < -0.39 is 0 Å². The summed E-state index contributed by atoms with van der Waals surface area (Å²) in [7, 11) is 0. The zero-order valence-electron chi connectivity index (χ0n) is 16.5. The Bertz CT molecular complexity index is 958. The van der Waals surface area contributed by atoms with Crippen molar-refractivity contribution in [1.82, 2.24) is 19.9 Å². The van der Waals surface area contributed by atoms with E-state index in [1.54, 1.807) is 18.3 Å². The summed E-state index contributed by atoms with van der Waals surface area (Å²) in [6, 6.07) is 11.1. The van der Waals surface area contributed by atoms with Gasteiger partial charge in [0, 0.05) is 31.0 Å². The number of carbonyl (C=O) groups excluding carboxylic acids is 1. The molecule has 1 aromatic carbocycles. The molecule has 0 fully saturated rings. The van der Waals surface area contributed by atoms with Gasteiger partial charge < -0.3 is 19.9 Å². The van der Waals surface area contributed by atoms with Gasteiger partial charge in [-0.05, 0) is 56.2 Å². The molecule has 0 saturated heterocycles. The third-order valence-corrected chi connectivity index (χ3v) is 4.87. The predicted octanol–water partition coefficient (Wildman–Crippen LogP) is 3.69. The van der Waals surface area contributed by atoms with Gasteiger partial charge in [0.25, 0.3) is 5.91 Å². The molecule has 2 N–H and O–H groups in total. The second-order valence-electron chi connectivity index (χ2n) is 6.96. The number of pyridine rings is 1. The summed E-state index contributed by atoms with van der Waals surface area (Å²) in [5.74, 6) is 2.25. The van der Waals surface area contributed by atoms with Crippen LogP contribution in [-0.2, 0) is 19.5 Å². The maximum Gasteiger partial charge on any atom is 0.255 e. The molecule has 4 rings (SSSR count). The lowest BCUT2D eigenvalue weighted by Crippen LogP contribution is -2.24. The smallest absolute Gasteiger partial charge is 0.255 e. The standard InChI is InChI=1S/C22H25N5O2/c1-2-29-18-10-8-16(9-11-18)26-21-19(6-5-12-23-21)22(28)24-14-17-15-27-13-4-3-7-20(27)25-17/h5-6,8-12,15H,2-4,7,13-14H2,1H3,(H,23,26)(H,24,28). The maximum atomic E-state index is 12.8. The van der Waals surface area contributed by atoms with Crippen molar-refractivity contribution in [3.05, 3.63) is 65.9 Å². The highest BCUT2D eigenvalue weighted by atomic mass is 16.5. The molecule has 0 radical (unpaired) electrons. The van der Waals surface area contributed by atoms with Crippen molar-refractivity contribution in [2.45, 2.75) is 39.3 Å². The van der Waals surface area contributed by atoms with Crippen LogP contribution in [0.25, 0.3) is 0 Å². The van der Waals surface area contributed by atoms with Crippen molar-refractivity contribution in [2.75, 3.05) is 11.9 Å². The van der Waals surface area contributed by atoms with Crippen molar-refractivity contribution < 1.29 is 9.53 Å². The lowest BCUT2D eigenvalue weighted by molar-refractivity contribution is 0.0951. The number of imidazole rings is 1. The minimum atomic E-state index is -0.183. The first kappa shape index (κ1) is 19.0. The molecule has 0 spiro atoms. The van der Waals surface area contributed by atoms with Crippen molar-refractivity contribution in [3.8, 4) is 5.75 Å². The molecule has 0 saturated carbocycles.